The highest BCUT2D eigenvalue weighted by atomic mass is 19.4. The molecule has 6 heteroatoms. The molecular formula is C14H17F3O3. The van der Waals surface area contributed by atoms with Gasteiger partial charge in [-0.1, -0.05) is 6.07 Å². The maximum absolute atomic E-state index is 12.5. The van der Waals surface area contributed by atoms with E-state index in [1.54, 1.807) is 18.2 Å². The maximum atomic E-state index is 12.5. The van der Waals surface area contributed by atoms with E-state index in [-0.39, 0.29) is 0 Å². The minimum absolute atomic E-state index is 0.349. The Kier molecular flexibility index (Phi) is 4.25. The molecule has 20 heavy (non-hydrogen) atoms. The van der Waals surface area contributed by atoms with Gasteiger partial charge >= 0.3 is 6.18 Å². The van der Waals surface area contributed by atoms with Gasteiger partial charge in [-0.25, -0.2) is 0 Å². The number of fused-ring (bicyclic) bond motifs is 1. The van der Waals surface area contributed by atoms with Crippen molar-refractivity contribution in [2.75, 3.05) is 7.11 Å². The van der Waals surface area contributed by atoms with Crippen LogP contribution < -0.4 is 4.74 Å². The first-order valence-electron chi connectivity index (χ1n) is 6.40. The van der Waals surface area contributed by atoms with E-state index in [2.05, 4.69) is 0 Å². The molecule has 112 valence electrons. The Bertz CT molecular complexity index is 473. The number of hydrogen-bond acceptors (Lipinski definition) is 3. The minimum Gasteiger partial charge on any atom is -0.497 e. The summed E-state index contributed by atoms with van der Waals surface area (Å²) in [5.41, 5.74) is 1.49. The molecule has 1 aliphatic rings. The minimum atomic E-state index is -4.42. The predicted molar refractivity (Wildman–Crippen MR) is 66.7 cm³/mol. The lowest BCUT2D eigenvalue weighted by Crippen LogP contribution is -2.37. The molecule has 0 spiro atoms. The molecule has 3 nitrogen and oxygen atoms in total. The number of aliphatic hydroxyl groups excluding tert-OH is 1. The van der Waals surface area contributed by atoms with E-state index in [4.69, 9.17) is 9.47 Å². The van der Waals surface area contributed by atoms with E-state index in [0.29, 0.717) is 24.2 Å². The van der Waals surface area contributed by atoms with Crippen molar-refractivity contribution >= 4 is 0 Å². The number of hydrogen-bond donors (Lipinski definition) is 1. The Balaban J connectivity index is 2.13. The van der Waals surface area contributed by atoms with Crippen LogP contribution in [0.15, 0.2) is 18.2 Å². The summed E-state index contributed by atoms with van der Waals surface area (Å²) >= 11 is 0. The third kappa shape index (κ3) is 3.07. The first kappa shape index (κ1) is 15.1. The molecule has 0 amide bonds. The largest absolute Gasteiger partial charge is 0.497 e. The molecule has 1 aliphatic carbocycles. The van der Waals surface area contributed by atoms with Gasteiger partial charge in [-0.15, -0.1) is 0 Å². The Hall–Kier alpha value is -1.27. The lowest BCUT2D eigenvalue weighted by atomic mass is 9.87. The van der Waals surface area contributed by atoms with Gasteiger partial charge in [0.1, 0.15) is 11.9 Å². The Morgan fingerprint density at radius 3 is 2.65 bits per heavy atom. The van der Waals surface area contributed by atoms with Crippen molar-refractivity contribution in [1.29, 1.82) is 0 Å². The molecular weight excluding hydrogens is 273 g/mol. The fraction of sp³-hybridized carbons (Fsp3) is 0.571. The number of methoxy groups -OCH3 is 1. The summed E-state index contributed by atoms with van der Waals surface area (Å²) in [6.45, 7) is 0.955. The van der Waals surface area contributed by atoms with Crippen LogP contribution in [0.5, 0.6) is 5.75 Å². The number of ether oxygens (including phenoxy) is 2. The standard InChI is InChI=1S/C14H17F3O3/c1-8(14(15,16)17)20-12-6-3-9-7-10(19-2)4-5-11(9)13(12)18/h4-5,7-8,12-13,18H,3,6H2,1-2H3. The lowest BCUT2D eigenvalue weighted by molar-refractivity contribution is -0.237. The smallest absolute Gasteiger partial charge is 0.414 e. The van der Waals surface area contributed by atoms with E-state index in [1.165, 1.54) is 7.11 Å². The van der Waals surface area contributed by atoms with Gasteiger partial charge in [0, 0.05) is 0 Å². The lowest BCUT2D eigenvalue weighted by Gasteiger charge is -2.32. The van der Waals surface area contributed by atoms with Crippen molar-refractivity contribution in [3.05, 3.63) is 29.3 Å². The van der Waals surface area contributed by atoms with E-state index in [9.17, 15) is 18.3 Å². The van der Waals surface area contributed by atoms with Gasteiger partial charge < -0.3 is 14.6 Å². The first-order chi connectivity index (χ1) is 9.32. The molecule has 3 atom stereocenters. The van der Waals surface area contributed by atoms with Crippen LogP contribution in [0.3, 0.4) is 0 Å². The first-order valence-corrected chi connectivity index (χ1v) is 6.40. The highest BCUT2D eigenvalue weighted by Gasteiger charge is 2.40. The van der Waals surface area contributed by atoms with Crippen LogP contribution in [0.2, 0.25) is 0 Å². The van der Waals surface area contributed by atoms with E-state index in [1.807, 2.05) is 0 Å². The molecule has 0 heterocycles. The summed E-state index contributed by atoms with van der Waals surface area (Å²) in [6.07, 6.45) is -7.29. The third-order valence-corrected chi connectivity index (χ3v) is 3.56. The Labute approximate surface area is 115 Å². The average Bonchev–Trinajstić information content (AvgIpc) is 2.40. The van der Waals surface area contributed by atoms with Gasteiger partial charge in [0.15, 0.2) is 6.10 Å². The van der Waals surface area contributed by atoms with E-state index >= 15 is 0 Å². The summed E-state index contributed by atoms with van der Waals surface area (Å²) in [4.78, 5) is 0. The van der Waals surface area contributed by atoms with Crippen molar-refractivity contribution in [2.45, 2.75) is 44.3 Å². The van der Waals surface area contributed by atoms with Gasteiger partial charge in [0.25, 0.3) is 0 Å². The van der Waals surface area contributed by atoms with E-state index < -0.39 is 24.5 Å². The average molecular weight is 290 g/mol. The highest BCUT2D eigenvalue weighted by molar-refractivity contribution is 5.39. The molecule has 1 aromatic rings. The SMILES string of the molecule is COc1ccc2c(c1)CCC(OC(C)C(F)(F)F)C2O. The second-order valence-corrected chi connectivity index (χ2v) is 4.91. The molecule has 0 bridgehead atoms. The zero-order valence-corrected chi connectivity index (χ0v) is 11.3. The van der Waals surface area contributed by atoms with Gasteiger partial charge in [0.05, 0.1) is 13.2 Å². The maximum Gasteiger partial charge on any atom is 0.414 e. The van der Waals surface area contributed by atoms with Gasteiger partial charge in [-0.3, -0.25) is 0 Å². The van der Waals surface area contributed by atoms with Crippen molar-refractivity contribution in [3.63, 3.8) is 0 Å². The number of aliphatic hydroxyl groups is 1. The second-order valence-electron chi connectivity index (χ2n) is 4.91. The summed E-state index contributed by atoms with van der Waals surface area (Å²) < 4.78 is 47.6. The molecule has 0 aliphatic heterocycles. The normalized spacial score (nSPS) is 24.1. The molecule has 3 unspecified atom stereocenters. The van der Waals surface area contributed by atoms with Crippen LogP contribution in [0.4, 0.5) is 13.2 Å². The molecule has 1 N–H and O–H groups in total. The fourth-order valence-corrected chi connectivity index (χ4v) is 2.35. The topological polar surface area (TPSA) is 38.7 Å². The number of aryl methyl sites for hydroxylation is 1. The van der Waals surface area contributed by atoms with Crippen LogP contribution in [0.1, 0.15) is 30.6 Å². The molecule has 0 aromatic heterocycles. The number of rotatable bonds is 3. The van der Waals surface area contributed by atoms with Crippen LogP contribution in [0.25, 0.3) is 0 Å². The summed E-state index contributed by atoms with van der Waals surface area (Å²) in [6, 6.07) is 5.15. The van der Waals surface area contributed by atoms with Gasteiger partial charge in [-0.2, -0.15) is 13.2 Å². The molecule has 0 fully saturated rings. The van der Waals surface area contributed by atoms with Crippen molar-refractivity contribution < 1.29 is 27.8 Å². The number of halogens is 3. The zero-order valence-electron chi connectivity index (χ0n) is 11.3. The Morgan fingerprint density at radius 1 is 1.35 bits per heavy atom. The highest BCUT2D eigenvalue weighted by Crippen LogP contribution is 2.36. The monoisotopic (exact) mass is 290 g/mol. The summed E-state index contributed by atoms with van der Waals surface area (Å²) in [5, 5.41) is 10.2. The van der Waals surface area contributed by atoms with Crippen LogP contribution in [-0.2, 0) is 11.2 Å². The zero-order chi connectivity index (χ0) is 14.9. The third-order valence-electron chi connectivity index (χ3n) is 3.56. The van der Waals surface area contributed by atoms with Crippen LogP contribution >= 0.6 is 0 Å². The Morgan fingerprint density at radius 2 is 2.05 bits per heavy atom. The van der Waals surface area contributed by atoms with Gasteiger partial charge in [0.2, 0.25) is 0 Å². The summed E-state index contributed by atoms with van der Waals surface area (Å²) in [5.74, 6) is 0.666. The van der Waals surface area contributed by atoms with Crippen LogP contribution in [0, 0.1) is 0 Å². The number of alkyl halides is 3. The second kappa shape index (κ2) is 5.61. The molecule has 0 saturated carbocycles. The fourth-order valence-electron chi connectivity index (χ4n) is 2.35. The molecule has 2 rings (SSSR count). The van der Waals surface area contributed by atoms with Crippen molar-refractivity contribution in [1.82, 2.24) is 0 Å². The summed E-state index contributed by atoms with van der Waals surface area (Å²) in [7, 11) is 1.54. The van der Waals surface area contributed by atoms with Crippen LogP contribution in [-0.4, -0.2) is 30.6 Å². The molecule has 1 aromatic carbocycles. The molecule has 0 radical (unpaired) electrons. The van der Waals surface area contributed by atoms with Crippen molar-refractivity contribution in [3.8, 4) is 5.75 Å². The van der Waals surface area contributed by atoms with Crippen molar-refractivity contribution in [2.24, 2.45) is 0 Å². The number of benzene rings is 1. The van der Waals surface area contributed by atoms with Gasteiger partial charge in [-0.05, 0) is 43.0 Å². The van der Waals surface area contributed by atoms with E-state index in [0.717, 1.165) is 12.5 Å². The molecule has 0 saturated heterocycles. The predicted octanol–water partition coefficient (Wildman–Crippen LogP) is 3.01. The quantitative estimate of drug-likeness (QED) is 0.930.